The zero-order valence-corrected chi connectivity index (χ0v) is 18.7. The molecule has 7 heteroatoms. The maximum atomic E-state index is 15.1. The van der Waals surface area contributed by atoms with Crippen LogP contribution in [0.3, 0.4) is 0 Å². The average molecular weight is 468 g/mol. The minimum atomic E-state index is -3.09. The van der Waals surface area contributed by atoms with Crippen molar-refractivity contribution < 1.29 is 22.3 Å². The van der Waals surface area contributed by atoms with Gasteiger partial charge >= 0.3 is 6.61 Å². The van der Waals surface area contributed by atoms with Crippen LogP contribution in [0.25, 0.3) is 10.8 Å². The number of nitrogens with zero attached hydrogens (tertiary/aromatic N) is 2. The molecule has 0 saturated carbocycles. The summed E-state index contributed by atoms with van der Waals surface area (Å²) in [6.45, 7) is -1.03. The van der Waals surface area contributed by atoms with Crippen LogP contribution in [0.1, 0.15) is 35.0 Å². The number of hydrogen-bond acceptors (Lipinski definition) is 3. The standard InChI is InChI=1S/C27H24F4N2O/c1-2-17-15-32-25(33-16-17)12-6-18-4-10-22-21(13-18)9-8-20(26(22)29)7-3-19-5-11-24(23(28)14-19)34-27(30)31/h4-5,8-11,13-16,27H,2-3,6-7,12H2,1H3. The van der Waals surface area contributed by atoms with E-state index in [1.54, 1.807) is 12.1 Å². The van der Waals surface area contributed by atoms with E-state index in [0.717, 1.165) is 47.3 Å². The van der Waals surface area contributed by atoms with Gasteiger partial charge in [0.05, 0.1) is 0 Å². The van der Waals surface area contributed by atoms with E-state index in [1.165, 1.54) is 6.07 Å². The largest absolute Gasteiger partial charge is 0.432 e. The second-order valence-electron chi connectivity index (χ2n) is 8.10. The summed E-state index contributed by atoms with van der Waals surface area (Å²) in [4.78, 5) is 8.77. The van der Waals surface area contributed by atoms with Crippen LogP contribution < -0.4 is 4.74 Å². The first kappa shape index (κ1) is 23.7. The summed E-state index contributed by atoms with van der Waals surface area (Å²) in [5.74, 6) is -0.892. The molecule has 3 aromatic carbocycles. The lowest BCUT2D eigenvalue weighted by molar-refractivity contribution is -0.0522. The van der Waals surface area contributed by atoms with Crippen molar-refractivity contribution in [1.82, 2.24) is 9.97 Å². The van der Waals surface area contributed by atoms with Gasteiger partial charge in [-0.2, -0.15) is 8.78 Å². The quantitative estimate of drug-likeness (QED) is 0.258. The number of benzene rings is 3. The number of aromatic nitrogens is 2. The second kappa shape index (κ2) is 10.6. The summed E-state index contributed by atoms with van der Waals surface area (Å²) in [5, 5.41) is 1.33. The van der Waals surface area contributed by atoms with Gasteiger partial charge in [-0.05, 0) is 65.5 Å². The van der Waals surface area contributed by atoms with Gasteiger partial charge in [0.2, 0.25) is 0 Å². The molecule has 0 atom stereocenters. The topological polar surface area (TPSA) is 35.0 Å². The predicted octanol–water partition coefficient (Wildman–Crippen LogP) is 6.64. The molecular weight excluding hydrogens is 444 g/mol. The fourth-order valence-corrected chi connectivity index (χ4v) is 3.85. The molecule has 1 aromatic heterocycles. The molecule has 3 nitrogen and oxygen atoms in total. The molecule has 0 spiro atoms. The highest BCUT2D eigenvalue weighted by molar-refractivity contribution is 5.84. The SMILES string of the molecule is CCc1cnc(CCc2ccc3c(F)c(CCc4ccc(OC(F)F)c(F)c4)ccc3c2)nc1. The molecule has 0 amide bonds. The van der Waals surface area contributed by atoms with E-state index < -0.39 is 18.2 Å². The highest BCUT2D eigenvalue weighted by Crippen LogP contribution is 2.25. The molecule has 1 heterocycles. The van der Waals surface area contributed by atoms with E-state index in [2.05, 4.69) is 21.6 Å². The third-order valence-corrected chi connectivity index (χ3v) is 5.80. The lowest BCUT2D eigenvalue weighted by atomic mass is 9.98. The van der Waals surface area contributed by atoms with Gasteiger partial charge in [-0.1, -0.05) is 43.3 Å². The lowest BCUT2D eigenvalue weighted by Gasteiger charge is -2.10. The van der Waals surface area contributed by atoms with Crippen LogP contribution in [0.2, 0.25) is 0 Å². The van der Waals surface area contributed by atoms with Crippen molar-refractivity contribution in [2.45, 2.75) is 45.6 Å². The fourth-order valence-electron chi connectivity index (χ4n) is 3.85. The van der Waals surface area contributed by atoms with E-state index in [-0.39, 0.29) is 5.82 Å². The van der Waals surface area contributed by atoms with E-state index in [4.69, 9.17) is 0 Å². The van der Waals surface area contributed by atoms with Gasteiger partial charge in [-0.25, -0.2) is 18.7 Å². The Bertz CT molecular complexity index is 1280. The predicted molar refractivity (Wildman–Crippen MR) is 123 cm³/mol. The number of hydrogen-bond donors (Lipinski definition) is 0. The van der Waals surface area contributed by atoms with Crippen LogP contribution in [0.4, 0.5) is 17.6 Å². The van der Waals surface area contributed by atoms with Crippen molar-refractivity contribution in [3.05, 3.63) is 101 Å². The van der Waals surface area contributed by atoms with Gasteiger partial charge in [0.15, 0.2) is 11.6 Å². The number of halogens is 4. The van der Waals surface area contributed by atoms with Crippen molar-refractivity contribution in [2.75, 3.05) is 0 Å². The molecule has 0 unspecified atom stereocenters. The van der Waals surface area contributed by atoms with Crippen molar-refractivity contribution in [2.24, 2.45) is 0 Å². The van der Waals surface area contributed by atoms with Crippen LogP contribution in [0.15, 0.2) is 60.9 Å². The van der Waals surface area contributed by atoms with Gasteiger partial charge in [0, 0.05) is 24.2 Å². The summed E-state index contributed by atoms with van der Waals surface area (Å²) >= 11 is 0. The van der Waals surface area contributed by atoms with Gasteiger partial charge in [-0.3, -0.25) is 0 Å². The van der Waals surface area contributed by atoms with E-state index in [1.807, 2.05) is 30.6 Å². The minimum absolute atomic E-state index is 0.305. The summed E-state index contributed by atoms with van der Waals surface area (Å²) in [7, 11) is 0. The maximum Gasteiger partial charge on any atom is 0.387 e. The molecule has 4 aromatic rings. The molecule has 0 aliphatic heterocycles. The van der Waals surface area contributed by atoms with Gasteiger partial charge in [-0.15, -0.1) is 0 Å². The average Bonchev–Trinajstić information content (AvgIpc) is 2.84. The molecule has 4 rings (SSSR count). The molecular formula is C27H24F4N2O. The number of aryl methyl sites for hydroxylation is 5. The fraction of sp³-hybridized carbons (Fsp3) is 0.259. The van der Waals surface area contributed by atoms with Gasteiger partial charge < -0.3 is 4.74 Å². The molecule has 0 N–H and O–H groups in total. The number of alkyl halides is 2. The molecule has 0 fully saturated rings. The number of fused-ring (bicyclic) bond motifs is 1. The smallest absolute Gasteiger partial charge is 0.387 e. The minimum Gasteiger partial charge on any atom is -0.432 e. The van der Waals surface area contributed by atoms with Crippen molar-refractivity contribution in [1.29, 1.82) is 0 Å². The maximum absolute atomic E-state index is 15.1. The van der Waals surface area contributed by atoms with Crippen LogP contribution in [0, 0.1) is 11.6 Å². The summed E-state index contributed by atoms with van der Waals surface area (Å²) in [5.41, 5.74) is 3.26. The van der Waals surface area contributed by atoms with Gasteiger partial charge in [0.1, 0.15) is 11.6 Å². The lowest BCUT2D eigenvalue weighted by Crippen LogP contribution is -2.04. The number of rotatable bonds is 9. The van der Waals surface area contributed by atoms with Crippen molar-refractivity contribution in [3.63, 3.8) is 0 Å². The van der Waals surface area contributed by atoms with E-state index in [9.17, 15) is 13.2 Å². The Labute approximate surface area is 195 Å². The molecule has 0 bridgehead atoms. The Balaban J connectivity index is 1.42. The van der Waals surface area contributed by atoms with Crippen LogP contribution in [-0.2, 0) is 32.1 Å². The molecule has 0 aliphatic carbocycles. The Kier molecular flexibility index (Phi) is 7.40. The first-order valence-corrected chi connectivity index (χ1v) is 11.2. The zero-order valence-electron chi connectivity index (χ0n) is 18.7. The Hall–Kier alpha value is -3.48. The Morgan fingerprint density at radius 3 is 2.21 bits per heavy atom. The van der Waals surface area contributed by atoms with E-state index in [0.29, 0.717) is 35.8 Å². The normalized spacial score (nSPS) is 11.4. The highest BCUT2D eigenvalue weighted by atomic mass is 19.3. The molecule has 34 heavy (non-hydrogen) atoms. The van der Waals surface area contributed by atoms with E-state index >= 15 is 4.39 Å². The van der Waals surface area contributed by atoms with Crippen molar-refractivity contribution >= 4 is 10.8 Å². The Morgan fingerprint density at radius 1 is 0.794 bits per heavy atom. The zero-order chi connectivity index (χ0) is 24.1. The van der Waals surface area contributed by atoms with Crippen LogP contribution in [0.5, 0.6) is 5.75 Å². The van der Waals surface area contributed by atoms with Crippen molar-refractivity contribution in [3.8, 4) is 5.75 Å². The Morgan fingerprint density at radius 2 is 1.50 bits per heavy atom. The number of ether oxygens (including phenoxy) is 1. The van der Waals surface area contributed by atoms with Gasteiger partial charge in [0.25, 0.3) is 0 Å². The monoisotopic (exact) mass is 468 g/mol. The first-order valence-electron chi connectivity index (χ1n) is 11.2. The summed E-state index contributed by atoms with van der Waals surface area (Å²) in [6, 6.07) is 13.1. The molecule has 0 aliphatic rings. The van der Waals surface area contributed by atoms with Crippen LogP contribution in [-0.4, -0.2) is 16.6 Å². The summed E-state index contributed by atoms with van der Waals surface area (Å²) < 4.78 is 57.7. The summed E-state index contributed by atoms with van der Waals surface area (Å²) in [6.07, 6.45) is 6.76. The third-order valence-electron chi connectivity index (χ3n) is 5.80. The second-order valence-corrected chi connectivity index (χ2v) is 8.10. The first-order chi connectivity index (χ1) is 16.4. The van der Waals surface area contributed by atoms with Crippen LogP contribution >= 0.6 is 0 Å². The highest BCUT2D eigenvalue weighted by Gasteiger charge is 2.12. The molecule has 0 saturated heterocycles. The third kappa shape index (κ3) is 5.71. The molecule has 176 valence electrons. The molecule has 0 radical (unpaired) electrons.